The fraction of sp³-hybridized carbons (Fsp3) is 0.476. The zero-order chi connectivity index (χ0) is 22.1. The summed E-state index contributed by atoms with van der Waals surface area (Å²) in [6.07, 6.45) is 0.180. The molecule has 31 heavy (non-hydrogen) atoms. The average molecular weight is 436 g/mol. The lowest BCUT2D eigenvalue weighted by atomic mass is 10.1. The molecule has 0 amide bonds. The van der Waals surface area contributed by atoms with E-state index in [0.29, 0.717) is 18.5 Å². The molecule has 0 aromatic carbocycles. The van der Waals surface area contributed by atoms with Gasteiger partial charge in [-0.05, 0) is 31.0 Å². The first-order valence-electron chi connectivity index (χ1n) is 10.2. The SMILES string of the molecule is CN=C(NCCOc1ccc(C(F)(F)F)cn1)NC1CCN(Cc2ccccn2)CC1. The maximum absolute atomic E-state index is 12.5. The largest absolute Gasteiger partial charge is 0.476 e. The monoisotopic (exact) mass is 436 g/mol. The first-order valence-corrected chi connectivity index (χ1v) is 10.2. The number of pyridine rings is 2. The Kier molecular flexibility index (Phi) is 8.05. The number of hydrogen-bond acceptors (Lipinski definition) is 5. The summed E-state index contributed by atoms with van der Waals surface area (Å²) in [5.74, 6) is 0.824. The molecule has 2 N–H and O–H groups in total. The minimum atomic E-state index is -4.40. The highest BCUT2D eigenvalue weighted by atomic mass is 19.4. The standard InChI is InChI=1S/C21H27F3N6O/c1-25-20(27-10-13-31-19-6-5-16(14-28-19)21(22,23)24)29-17-7-11-30(12-8-17)15-18-4-2-3-9-26-18/h2-6,9,14,17H,7-8,10-13,15H2,1H3,(H2,25,27,29). The number of guanidine groups is 1. The maximum atomic E-state index is 12.5. The van der Waals surface area contributed by atoms with E-state index in [1.807, 2.05) is 24.4 Å². The van der Waals surface area contributed by atoms with Crippen molar-refractivity contribution in [1.82, 2.24) is 25.5 Å². The summed E-state index contributed by atoms with van der Waals surface area (Å²) in [5.41, 5.74) is 0.280. The van der Waals surface area contributed by atoms with E-state index in [9.17, 15) is 13.2 Å². The zero-order valence-electron chi connectivity index (χ0n) is 17.4. The highest BCUT2D eigenvalue weighted by Gasteiger charge is 2.30. The van der Waals surface area contributed by atoms with Crippen LogP contribution in [0.1, 0.15) is 24.1 Å². The first-order chi connectivity index (χ1) is 14.9. The van der Waals surface area contributed by atoms with Crippen LogP contribution in [0.2, 0.25) is 0 Å². The van der Waals surface area contributed by atoms with Gasteiger partial charge >= 0.3 is 6.18 Å². The molecule has 2 aromatic heterocycles. The molecule has 0 atom stereocenters. The second kappa shape index (κ2) is 10.9. The van der Waals surface area contributed by atoms with Gasteiger partial charge in [-0.15, -0.1) is 0 Å². The van der Waals surface area contributed by atoms with Gasteiger partial charge in [0.25, 0.3) is 0 Å². The normalized spacial score (nSPS) is 16.2. The molecule has 3 heterocycles. The Morgan fingerprint density at radius 3 is 2.61 bits per heavy atom. The number of aromatic nitrogens is 2. The van der Waals surface area contributed by atoms with Gasteiger partial charge in [-0.1, -0.05) is 6.07 Å². The molecule has 3 rings (SSSR count). The molecule has 10 heteroatoms. The van der Waals surface area contributed by atoms with Gasteiger partial charge in [0.05, 0.1) is 17.8 Å². The predicted molar refractivity (Wildman–Crippen MR) is 112 cm³/mol. The van der Waals surface area contributed by atoms with Gasteiger partial charge in [-0.25, -0.2) is 4.98 Å². The zero-order valence-corrected chi connectivity index (χ0v) is 17.4. The van der Waals surface area contributed by atoms with Crippen LogP contribution in [0.15, 0.2) is 47.7 Å². The van der Waals surface area contributed by atoms with Crippen molar-refractivity contribution in [2.24, 2.45) is 4.99 Å². The maximum Gasteiger partial charge on any atom is 0.417 e. The summed E-state index contributed by atoms with van der Waals surface area (Å²) in [4.78, 5) is 14.7. The number of aliphatic imine (C=N–C) groups is 1. The van der Waals surface area contributed by atoms with Crippen LogP contribution < -0.4 is 15.4 Å². The number of nitrogens with zero attached hydrogens (tertiary/aromatic N) is 4. The molecule has 2 aromatic rings. The Morgan fingerprint density at radius 1 is 1.19 bits per heavy atom. The molecule has 0 spiro atoms. The van der Waals surface area contributed by atoms with Crippen LogP contribution in [0.3, 0.4) is 0 Å². The van der Waals surface area contributed by atoms with E-state index >= 15 is 0 Å². The van der Waals surface area contributed by atoms with Crippen molar-refractivity contribution in [3.63, 3.8) is 0 Å². The molecule has 0 aliphatic carbocycles. The van der Waals surface area contributed by atoms with E-state index in [-0.39, 0.29) is 12.5 Å². The lowest BCUT2D eigenvalue weighted by molar-refractivity contribution is -0.137. The Bertz CT molecular complexity index is 821. The van der Waals surface area contributed by atoms with Crippen molar-refractivity contribution >= 4 is 5.96 Å². The summed E-state index contributed by atoms with van der Waals surface area (Å²) in [6, 6.07) is 8.46. The van der Waals surface area contributed by atoms with E-state index < -0.39 is 11.7 Å². The number of rotatable bonds is 7. The molecule has 0 saturated carbocycles. The second-order valence-electron chi connectivity index (χ2n) is 7.25. The van der Waals surface area contributed by atoms with E-state index in [2.05, 4.69) is 30.5 Å². The predicted octanol–water partition coefficient (Wildman–Crippen LogP) is 2.70. The average Bonchev–Trinajstić information content (AvgIpc) is 2.77. The number of likely N-dealkylation sites (tertiary alicyclic amines) is 1. The lowest BCUT2D eigenvalue weighted by Crippen LogP contribution is -2.49. The van der Waals surface area contributed by atoms with Crippen LogP contribution >= 0.6 is 0 Å². The van der Waals surface area contributed by atoms with Gasteiger partial charge in [0.2, 0.25) is 5.88 Å². The first kappa shape index (κ1) is 22.8. The van der Waals surface area contributed by atoms with Crippen molar-refractivity contribution in [3.8, 4) is 5.88 Å². The number of alkyl halides is 3. The molecule has 0 bridgehead atoms. The number of halogens is 3. The summed E-state index contributed by atoms with van der Waals surface area (Å²) in [7, 11) is 1.70. The quantitative estimate of drug-likeness (QED) is 0.395. The Balaban J connectivity index is 1.34. The van der Waals surface area contributed by atoms with Gasteiger partial charge in [0.15, 0.2) is 5.96 Å². The fourth-order valence-electron chi connectivity index (χ4n) is 3.30. The second-order valence-corrected chi connectivity index (χ2v) is 7.25. The molecular formula is C21H27F3N6O. The van der Waals surface area contributed by atoms with E-state index in [4.69, 9.17) is 4.74 Å². The molecule has 1 fully saturated rings. The van der Waals surface area contributed by atoms with Crippen LogP contribution in [0.4, 0.5) is 13.2 Å². The third-order valence-electron chi connectivity index (χ3n) is 4.97. The van der Waals surface area contributed by atoms with E-state index in [0.717, 1.165) is 50.4 Å². The number of hydrogen-bond donors (Lipinski definition) is 2. The molecule has 1 aliphatic heterocycles. The summed E-state index contributed by atoms with van der Waals surface area (Å²) in [5, 5.41) is 6.57. The van der Waals surface area contributed by atoms with Crippen LogP contribution in [-0.2, 0) is 12.7 Å². The highest BCUT2D eigenvalue weighted by Crippen LogP contribution is 2.29. The Morgan fingerprint density at radius 2 is 2.00 bits per heavy atom. The molecule has 0 unspecified atom stereocenters. The van der Waals surface area contributed by atoms with Crippen molar-refractivity contribution in [2.75, 3.05) is 33.3 Å². The van der Waals surface area contributed by atoms with Crippen molar-refractivity contribution in [3.05, 3.63) is 54.0 Å². The molecular weight excluding hydrogens is 409 g/mol. The van der Waals surface area contributed by atoms with Crippen LogP contribution in [0.25, 0.3) is 0 Å². The van der Waals surface area contributed by atoms with Gasteiger partial charge in [-0.2, -0.15) is 13.2 Å². The van der Waals surface area contributed by atoms with Gasteiger partial charge in [-0.3, -0.25) is 14.9 Å². The lowest BCUT2D eigenvalue weighted by Gasteiger charge is -2.32. The van der Waals surface area contributed by atoms with Crippen molar-refractivity contribution in [2.45, 2.75) is 31.6 Å². The third-order valence-corrected chi connectivity index (χ3v) is 4.97. The van der Waals surface area contributed by atoms with Crippen LogP contribution in [0, 0.1) is 0 Å². The molecule has 0 radical (unpaired) electrons. The molecule has 1 aliphatic rings. The molecule has 7 nitrogen and oxygen atoms in total. The molecule has 1 saturated heterocycles. The molecule has 168 valence electrons. The van der Waals surface area contributed by atoms with Crippen molar-refractivity contribution in [1.29, 1.82) is 0 Å². The van der Waals surface area contributed by atoms with E-state index in [1.165, 1.54) is 6.07 Å². The number of ether oxygens (including phenoxy) is 1. The Hall–Kier alpha value is -2.88. The summed E-state index contributed by atoms with van der Waals surface area (Å²) >= 11 is 0. The third kappa shape index (κ3) is 7.39. The fourth-order valence-corrected chi connectivity index (χ4v) is 3.30. The van der Waals surface area contributed by atoms with Crippen LogP contribution in [0.5, 0.6) is 5.88 Å². The van der Waals surface area contributed by atoms with Crippen molar-refractivity contribution < 1.29 is 17.9 Å². The van der Waals surface area contributed by atoms with Gasteiger partial charge in [0.1, 0.15) is 6.61 Å². The number of nitrogens with one attached hydrogen (secondary N) is 2. The summed E-state index contributed by atoms with van der Waals surface area (Å²) < 4.78 is 43.0. The number of piperidine rings is 1. The highest BCUT2D eigenvalue weighted by molar-refractivity contribution is 5.79. The smallest absolute Gasteiger partial charge is 0.417 e. The van der Waals surface area contributed by atoms with Crippen LogP contribution in [-0.4, -0.2) is 60.2 Å². The summed E-state index contributed by atoms with van der Waals surface area (Å²) in [6.45, 7) is 3.51. The van der Waals surface area contributed by atoms with Gasteiger partial charge in [0, 0.05) is 51.2 Å². The minimum Gasteiger partial charge on any atom is -0.476 e. The van der Waals surface area contributed by atoms with Gasteiger partial charge < -0.3 is 15.4 Å². The van der Waals surface area contributed by atoms with E-state index in [1.54, 1.807) is 7.05 Å². The topological polar surface area (TPSA) is 74.7 Å². The minimum absolute atomic E-state index is 0.151. The Labute approximate surface area is 179 Å².